The lowest BCUT2D eigenvalue weighted by Gasteiger charge is -2.13. The van der Waals surface area contributed by atoms with Crippen molar-refractivity contribution in [3.8, 4) is 11.6 Å². The van der Waals surface area contributed by atoms with Gasteiger partial charge in [-0.1, -0.05) is 11.6 Å². The molecule has 0 fully saturated rings. The summed E-state index contributed by atoms with van der Waals surface area (Å²) in [6.07, 6.45) is -2.68. The van der Waals surface area contributed by atoms with Crippen molar-refractivity contribution < 1.29 is 22.7 Å². The van der Waals surface area contributed by atoms with E-state index in [-0.39, 0.29) is 16.6 Å². The van der Waals surface area contributed by atoms with Gasteiger partial charge in [-0.2, -0.15) is 18.3 Å². The van der Waals surface area contributed by atoms with Gasteiger partial charge in [0.05, 0.1) is 24.6 Å². The minimum Gasteiger partial charge on any atom is -0.480 e. The number of ether oxygens (including phenoxy) is 1. The Morgan fingerprint density at radius 1 is 1.43 bits per heavy atom. The van der Waals surface area contributed by atoms with Crippen LogP contribution in [0.3, 0.4) is 0 Å². The molecule has 0 aliphatic heterocycles. The van der Waals surface area contributed by atoms with E-state index in [0.717, 1.165) is 13.1 Å². The fourth-order valence-corrected chi connectivity index (χ4v) is 2.05. The van der Waals surface area contributed by atoms with E-state index in [0.29, 0.717) is 4.68 Å². The number of carbonyl (C=O) groups excluding carboxylic acids is 1. The van der Waals surface area contributed by atoms with Gasteiger partial charge in [0, 0.05) is 6.20 Å². The normalized spacial score (nSPS) is 11.5. The molecular formula is C12H9ClF3N3O2. The standard InChI is InChI=1S/C12H9ClF3N3O2/c1-6(20)7-5-18-19(10(7)12(14,15)16)8-3-4-17-11(21-2)9(8)13/h3-5H,1-2H3. The van der Waals surface area contributed by atoms with Crippen molar-refractivity contribution in [1.82, 2.24) is 14.8 Å². The lowest BCUT2D eigenvalue weighted by molar-refractivity contribution is -0.143. The van der Waals surface area contributed by atoms with E-state index in [2.05, 4.69) is 10.1 Å². The zero-order valence-electron chi connectivity index (χ0n) is 10.9. The van der Waals surface area contributed by atoms with Crippen LogP contribution in [0.5, 0.6) is 5.88 Å². The molecule has 0 unspecified atom stereocenters. The third kappa shape index (κ3) is 2.71. The number of methoxy groups -OCH3 is 1. The summed E-state index contributed by atoms with van der Waals surface area (Å²) in [5, 5.41) is 3.48. The zero-order chi connectivity index (χ0) is 15.8. The molecular weight excluding hydrogens is 311 g/mol. The highest BCUT2D eigenvalue weighted by Crippen LogP contribution is 2.36. The van der Waals surface area contributed by atoms with E-state index in [1.807, 2.05) is 0 Å². The van der Waals surface area contributed by atoms with Gasteiger partial charge in [0.15, 0.2) is 11.5 Å². The van der Waals surface area contributed by atoms with Crippen LogP contribution in [0.1, 0.15) is 23.0 Å². The van der Waals surface area contributed by atoms with E-state index in [9.17, 15) is 18.0 Å². The number of ketones is 1. The topological polar surface area (TPSA) is 57.0 Å². The number of pyridine rings is 1. The highest BCUT2D eigenvalue weighted by molar-refractivity contribution is 6.33. The van der Waals surface area contributed by atoms with Crippen LogP contribution in [-0.4, -0.2) is 27.7 Å². The van der Waals surface area contributed by atoms with E-state index in [4.69, 9.17) is 16.3 Å². The first-order valence-corrected chi connectivity index (χ1v) is 6.00. The molecule has 0 bridgehead atoms. The average Bonchev–Trinajstić information content (AvgIpc) is 2.83. The largest absolute Gasteiger partial charge is 0.480 e. The third-order valence-corrected chi connectivity index (χ3v) is 3.03. The summed E-state index contributed by atoms with van der Waals surface area (Å²) in [6, 6.07) is 1.25. The zero-order valence-corrected chi connectivity index (χ0v) is 11.7. The number of halogens is 4. The fourth-order valence-electron chi connectivity index (χ4n) is 1.78. The van der Waals surface area contributed by atoms with Gasteiger partial charge in [-0.25, -0.2) is 9.67 Å². The number of alkyl halides is 3. The maximum Gasteiger partial charge on any atom is 0.434 e. The second kappa shape index (κ2) is 5.36. The predicted octanol–water partition coefficient (Wildman–Crippen LogP) is 3.15. The second-order valence-electron chi connectivity index (χ2n) is 4.03. The van der Waals surface area contributed by atoms with Gasteiger partial charge in [-0.3, -0.25) is 4.79 Å². The van der Waals surface area contributed by atoms with Crippen LogP contribution in [0.25, 0.3) is 5.69 Å². The van der Waals surface area contributed by atoms with Crippen molar-refractivity contribution in [3.63, 3.8) is 0 Å². The Kier molecular flexibility index (Phi) is 3.91. The maximum atomic E-state index is 13.2. The summed E-state index contributed by atoms with van der Waals surface area (Å²) in [5.74, 6) is -0.784. The van der Waals surface area contributed by atoms with Gasteiger partial charge in [0.25, 0.3) is 0 Å². The fraction of sp³-hybridized carbons (Fsp3) is 0.250. The summed E-state index contributed by atoms with van der Waals surface area (Å²) < 4.78 is 45.0. The number of hydrogen-bond acceptors (Lipinski definition) is 4. The Morgan fingerprint density at radius 2 is 2.10 bits per heavy atom. The van der Waals surface area contributed by atoms with Gasteiger partial charge in [0.2, 0.25) is 5.88 Å². The highest BCUT2D eigenvalue weighted by atomic mass is 35.5. The second-order valence-corrected chi connectivity index (χ2v) is 4.40. The number of hydrogen-bond donors (Lipinski definition) is 0. The Bertz CT molecular complexity index is 698. The quantitative estimate of drug-likeness (QED) is 0.815. The Morgan fingerprint density at radius 3 is 2.62 bits per heavy atom. The molecule has 0 N–H and O–H groups in total. The highest BCUT2D eigenvalue weighted by Gasteiger charge is 2.40. The molecule has 0 aromatic carbocycles. The molecule has 0 radical (unpaired) electrons. The maximum absolute atomic E-state index is 13.2. The molecule has 2 rings (SSSR count). The van der Waals surface area contributed by atoms with Crippen molar-refractivity contribution in [2.24, 2.45) is 0 Å². The van der Waals surface area contributed by atoms with Gasteiger partial charge in [-0.15, -0.1) is 0 Å². The summed E-state index contributed by atoms with van der Waals surface area (Å²) in [6.45, 7) is 1.03. The number of carbonyl (C=O) groups is 1. The van der Waals surface area contributed by atoms with Crippen LogP contribution >= 0.6 is 11.6 Å². The molecule has 0 aliphatic rings. The van der Waals surface area contributed by atoms with Crippen molar-refractivity contribution in [1.29, 1.82) is 0 Å². The molecule has 9 heteroatoms. The van der Waals surface area contributed by atoms with Crippen molar-refractivity contribution in [2.75, 3.05) is 7.11 Å². The Balaban J connectivity index is 2.74. The minimum absolute atomic E-state index is 0.0397. The number of rotatable bonds is 3. The molecule has 0 spiro atoms. The van der Waals surface area contributed by atoms with Crippen molar-refractivity contribution >= 4 is 17.4 Å². The number of nitrogens with zero attached hydrogens (tertiary/aromatic N) is 3. The van der Waals surface area contributed by atoms with Gasteiger partial charge >= 0.3 is 6.18 Å². The smallest absolute Gasteiger partial charge is 0.434 e. The van der Waals surface area contributed by atoms with Crippen molar-refractivity contribution in [2.45, 2.75) is 13.1 Å². The predicted molar refractivity (Wildman–Crippen MR) is 67.9 cm³/mol. The van der Waals surface area contributed by atoms with Crippen LogP contribution in [0, 0.1) is 0 Å². The minimum atomic E-state index is -4.77. The van der Waals surface area contributed by atoms with Crippen LogP contribution in [-0.2, 0) is 6.18 Å². The number of Topliss-reactive ketones (excluding diaryl/α,β-unsaturated/α-hetero) is 1. The van der Waals surface area contributed by atoms with Crippen LogP contribution in [0.15, 0.2) is 18.5 Å². The van der Waals surface area contributed by atoms with Crippen LogP contribution in [0.2, 0.25) is 5.02 Å². The van der Waals surface area contributed by atoms with E-state index < -0.39 is 23.2 Å². The molecule has 112 valence electrons. The molecule has 2 aromatic rings. The molecule has 2 aromatic heterocycles. The summed E-state index contributed by atoms with van der Waals surface area (Å²) in [7, 11) is 1.28. The third-order valence-electron chi connectivity index (χ3n) is 2.68. The summed E-state index contributed by atoms with van der Waals surface area (Å²) >= 11 is 5.95. The van der Waals surface area contributed by atoms with Gasteiger partial charge in [-0.05, 0) is 13.0 Å². The summed E-state index contributed by atoms with van der Waals surface area (Å²) in [4.78, 5) is 15.1. The first-order valence-electron chi connectivity index (χ1n) is 5.62. The first-order chi connectivity index (χ1) is 9.77. The molecule has 5 nitrogen and oxygen atoms in total. The lowest BCUT2D eigenvalue weighted by Crippen LogP contribution is -2.17. The first kappa shape index (κ1) is 15.3. The average molecular weight is 320 g/mol. The monoisotopic (exact) mass is 319 g/mol. The SMILES string of the molecule is COc1nccc(-n2ncc(C(C)=O)c2C(F)(F)F)c1Cl. The van der Waals surface area contributed by atoms with Crippen LogP contribution < -0.4 is 4.74 Å². The van der Waals surface area contributed by atoms with Crippen molar-refractivity contribution in [3.05, 3.63) is 34.7 Å². The molecule has 0 aliphatic carbocycles. The molecule has 0 saturated heterocycles. The van der Waals surface area contributed by atoms with Gasteiger partial charge in [0.1, 0.15) is 5.02 Å². The number of aromatic nitrogens is 3. The molecule has 0 atom stereocenters. The molecule has 0 amide bonds. The lowest BCUT2D eigenvalue weighted by atomic mass is 10.1. The molecule has 2 heterocycles. The van der Waals surface area contributed by atoms with Gasteiger partial charge < -0.3 is 4.74 Å². The van der Waals surface area contributed by atoms with E-state index in [1.165, 1.54) is 19.4 Å². The molecule has 0 saturated carbocycles. The van der Waals surface area contributed by atoms with E-state index >= 15 is 0 Å². The summed E-state index contributed by atoms with van der Waals surface area (Å²) in [5.41, 5.74) is -1.80. The molecule has 21 heavy (non-hydrogen) atoms. The Hall–Kier alpha value is -2.09. The van der Waals surface area contributed by atoms with E-state index in [1.54, 1.807) is 0 Å². The Labute approximate surface area is 122 Å². The van der Waals surface area contributed by atoms with Crippen LogP contribution in [0.4, 0.5) is 13.2 Å².